The number of carbonyl (C=O) groups is 1. The first-order valence-electron chi connectivity index (χ1n) is 6.09. The number of carbonyl (C=O) groups excluding carboxylic acids is 1. The molecule has 0 aliphatic heterocycles. The summed E-state index contributed by atoms with van der Waals surface area (Å²) in [6.07, 6.45) is 0. The maximum atomic E-state index is 12.3. The van der Waals surface area contributed by atoms with Crippen molar-refractivity contribution < 1.29 is 4.79 Å². The maximum absolute atomic E-state index is 12.3. The lowest BCUT2D eigenvalue weighted by atomic mass is 9.83. The number of aryl methyl sites for hydroxylation is 1. The van der Waals surface area contributed by atoms with E-state index in [0.717, 1.165) is 11.3 Å². The highest BCUT2D eigenvalue weighted by Crippen LogP contribution is 2.25. The van der Waals surface area contributed by atoms with Crippen molar-refractivity contribution in [2.45, 2.75) is 26.2 Å². The van der Waals surface area contributed by atoms with Crippen LogP contribution in [-0.4, -0.2) is 16.1 Å². The molecule has 100 valence electrons. The lowest BCUT2D eigenvalue weighted by Gasteiger charge is -2.23. The number of amides is 1. The number of rotatable bonds is 3. The molecular weight excluding hydrogens is 240 g/mol. The molecule has 0 saturated heterocycles. The number of aromatic nitrogens is 2. The molecule has 4 N–H and O–H groups in total. The fraction of sp³-hybridized carbons (Fsp3) is 0.286. The van der Waals surface area contributed by atoms with Crippen molar-refractivity contribution in [1.82, 2.24) is 10.2 Å². The van der Waals surface area contributed by atoms with E-state index < -0.39 is 5.41 Å². The number of hydrogen-bond donors (Lipinski definition) is 3. The minimum atomic E-state index is -0.652. The van der Waals surface area contributed by atoms with Gasteiger partial charge in [-0.1, -0.05) is 12.1 Å². The molecule has 19 heavy (non-hydrogen) atoms. The lowest BCUT2D eigenvalue weighted by molar-refractivity contribution is -0.120. The van der Waals surface area contributed by atoms with Crippen LogP contribution in [0.2, 0.25) is 0 Å². The summed E-state index contributed by atoms with van der Waals surface area (Å²) in [4.78, 5) is 12.3. The molecule has 0 bridgehead atoms. The van der Waals surface area contributed by atoms with Gasteiger partial charge >= 0.3 is 0 Å². The summed E-state index contributed by atoms with van der Waals surface area (Å²) in [6, 6.07) is 9.11. The third-order valence-electron chi connectivity index (χ3n) is 3.15. The summed E-state index contributed by atoms with van der Waals surface area (Å²) in [7, 11) is 0. The lowest BCUT2D eigenvalue weighted by Crippen LogP contribution is -2.34. The number of aromatic amines is 1. The van der Waals surface area contributed by atoms with Gasteiger partial charge in [-0.3, -0.25) is 9.89 Å². The average Bonchev–Trinajstić information content (AvgIpc) is 2.75. The number of benzene rings is 1. The first kappa shape index (κ1) is 13.1. The number of anilines is 2. The smallest absolute Gasteiger partial charge is 0.235 e. The highest BCUT2D eigenvalue weighted by atomic mass is 16.2. The van der Waals surface area contributed by atoms with E-state index in [1.807, 2.05) is 32.9 Å². The van der Waals surface area contributed by atoms with Crippen molar-refractivity contribution >= 4 is 17.4 Å². The standard InChI is InChI=1S/C14H18N4O/c1-9-8-12(18-17-9)16-13(19)14(2,3)10-4-6-11(15)7-5-10/h4-8H,15H2,1-3H3,(H2,16,17,18,19). The van der Waals surface area contributed by atoms with Crippen LogP contribution in [0.15, 0.2) is 30.3 Å². The highest BCUT2D eigenvalue weighted by molar-refractivity contribution is 5.97. The van der Waals surface area contributed by atoms with Crippen LogP contribution in [0.25, 0.3) is 0 Å². The van der Waals surface area contributed by atoms with Gasteiger partial charge in [0, 0.05) is 17.4 Å². The Bertz CT molecular complexity index is 584. The Morgan fingerprint density at radius 2 is 1.95 bits per heavy atom. The quantitative estimate of drug-likeness (QED) is 0.738. The summed E-state index contributed by atoms with van der Waals surface area (Å²) in [6.45, 7) is 5.62. The number of H-pyrrole nitrogens is 1. The largest absolute Gasteiger partial charge is 0.399 e. The van der Waals surface area contributed by atoms with Gasteiger partial charge < -0.3 is 11.1 Å². The van der Waals surface area contributed by atoms with Crippen molar-refractivity contribution in [2.24, 2.45) is 0 Å². The van der Waals surface area contributed by atoms with Crippen LogP contribution in [0.4, 0.5) is 11.5 Å². The number of hydrogen-bond acceptors (Lipinski definition) is 3. The first-order chi connectivity index (χ1) is 8.89. The van der Waals surface area contributed by atoms with Crippen molar-refractivity contribution in [3.8, 4) is 0 Å². The minimum Gasteiger partial charge on any atom is -0.399 e. The van der Waals surface area contributed by atoms with E-state index >= 15 is 0 Å². The van der Waals surface area contributed by atoms with E-state index in [-0.39, 0.29) is 5.91 Å². The second-order valence-electron chi connectivity index (χ2n) is 5.14. The summed E-state index contributed by atoms with van der Waals surface area (Å²) in [5.41, 5.74) is 7.50. The summed E-state index contributed by atoms with van der Waals surface area (Å²) >= 11 is 0. The minimum absolute atomic E-state index is 0.108. The van der Waals surface area contributed by atoms with E-state index in [1.54, 1.807) is 18.2 Å². The predicted molar refractivity (Wildman–Crippen MR) is 75.8 cm³/mol. The number of nitrogen functional groups attached to an aromatic ring is 1. The molecule has 5 heteroatoms. The Balaban J connectivity index is 2.19. The highest BCUT2D eigenvalue weighted by Gasteiger charge is 2.30. The van der Waals surface area contributed by atoms with Gasteiger partial charge in [0.15, 0.2) is 5.82 Å². The van der Waals surface area contributed by atoms with Gasteiger partial charge in [0.05, 0.1) is 5.41 Å². The Hall–Kier alpha value is -2.30. The monoisotopic (exact) mass is 258 g/mol. The third kappa shape index (κ3) is 2.76. The van der Waals surface area contributed by atoms with Crippen molar-refractivity contribution in [3.63, 3.8) is 0 Å². The topological polar surface area (TPSA) is 83.8 Å². The summed E-state index contributed by atoms with van der Waals surface area (Å²) < 4.78 is 0. The van der Waals surface area contributed by atoms with Crippen molar-refractivity contribution in [1.29, 1.82) is 0 Å². The number of nitrogens with one attached hydrogen (secondary N) is 2. The molecule has 1 amide bonds. The molecule has 0 radical (unpaired) electrons. The number of nitrogens with zero attached hydrogens (tertiary/aromatic N) is 1. The van der Waals surface area contributed by atoms with Crippen LogP contribution >= 0.6 is 0 Å². The van der Waals surface area contributed by atoms with Gasteiger partial charge in [0.25, 0.3) is 0 Å². The average molecular weight is 258 g/mol. The van der Waals surface area contributed by atoms with Gasteiger partial charge in [0.2, 0.25) is 5.91 Å². The maximum Gasteiger partial charge on any atom is 0.235 e. The van der Waals surface area contributed by atoms with Crippen LogP contribution in [0, 0.1) is 6.92 Å². The zero-order chi connectivity index (χ0) is 14.0. The normalized spacial score (nSPS) is 11.3. The van der Waals surface area contributed by atoms with Crippen LogP contribution in [0.1, 0.15) is 25.1 Å². The Labute approximate surface area is 112 Å². The molecule has 1 aromatic heterocycles. The predicted octanol–water partition coefficient (Wildman–Crippen LogP) is 2.22. The van der Waals surface area contributed by atoms with E-state index in [2.05, 4.69) is 15.5 Å². The van der Waals surface area contributed by atoms with Gasteiger partial charge in [-0.05, 0) is 38.5 Å². The Kier molecular flexibility index (Phi) is 3.29. The molecule has 0 spiro atoms. The molecule has 0 fully saturated rings. The Morgan fingerprint density at radius 1 is 1.32 bits per heavy atom. The molecule has 1 aromatic carbocycles. The third-order valence-corrected chi connectivity index (χ3v) is 3.15. The van der Waals surface area contributed by atoms with Crippen molar-refractivity contribution in [2.75, 3.05) is 11.1 Å². The molecule has 0 unspecified atom stereocenters. The fourth-order valence-electron chi connectivity index (χ4n) is 1.79. The molecule has 0 aliphatic rings. The van der Waals surface area contributed by atoms with E-state index in [0.29, 0.717) is 11.5 Å². The van der Waals surface area contributed by atoms with Crippen LogP contribution in [0.3, 0.4) is 0 Å². The van der Waals surface area contributed by atoms with Crippen LogP contribution < -0.4 is 11.1 Å². The first-order valence-corrected chi connectivity index (χ1v) is 6.09. The van der Waals surface area contributed by atoms with Gasteiger partial charge in [-0.15, -0.1) is 0 Å². The molecule has 2 rings (SSSR count). The SMILES string of the molecule is Cc1cc(NC(=O)C(C)(C)c2ccc(N)cc2)n[nH]1. The Morgan fingerprint density at radius 3 is 2.47 bits per heavy atom. The molecule has 1 heterocycles. The van der Waals surface area contributed by atoms with E-state index in [1.165, 1.54) is 0 Å². The molecule has 0 saturated carbocycles. The van der Waals surface area contributed by atoms with Gasteiger partial charge in [0.1, 0.15) is 0 Å². The fourth-order valence-corrected chi connectivity index (χ4v) is 1.79. The molecule has 5 nitrogen and oxygen atoms in total. The zero-order valence-electron chi connectivity index (χ0n) is 11.3. The van der Waals surface area contributed by atoms with Gasteiger partial charge in [-0.25, -0.2) is 0 Å². The summed E-state index contributed by atoms with van der Waals surface area (Å²) in [5.74, 6) is 0.426. The molecular formula is C14H18N4O. The van der Waals surface area contributed by atoms with Crippen LogP contribution in [0.5, 0.6) is 0 Å². The van der Waals surface area contributed by atoms with Gasteiger partial charge in [-0.2, -0.15) is 5.10 Å². The van der Waals surface area contributed by atoms with E-state index in [9.17, 15) is 4.79 Å². The zero-order valence-corrected chi connectivity index (χ0v) is 11.3. The van der Waals surface area contributed by atoms with Crippen LogP contribution in [-0.2, 0) is 10.2 Å². The second-order valence-corrected chi connectivity index (χ2v) is 5.14. The molecule has 2 aromatic rings. The number of nitrogens with two attached hydrogens (primary N) is 1. The van der Waals surface area contributed by atoms with Crippen molar-refractivity contribution in [3.05, 3.63) is 41.6 Å². The molecule has 0 atom stereocenters. The molecule has 0 aliphatic carbocycles. The summed E-state index contributed by atoms with van der Waals surface area (Å²) in [5, 5.41) is 9.60. The second kappa shape index (κ2) is 4.76. The van der Waals surface area contributed by atoms with E-state index in [4.69, 9.17) is 5.73 Å².